The predicted molar refractivity (Wildman–Crippen MR) is 77.5 cm³/mol. The van der Waals surface area contributed by atoms with Crippen LogP contribution in [0.3, 0.4) is 0 Å². The smallest absolute Gasteiger partial charge is 0.257 e. The number of carbonyl (C=O) groups excluding carboxylic acids is 2. The van der Waals surface area contributed by atoms with Crippen LogP contribution in [-0.2, 0) is 4.79 Å². The van der Waals surface area contributed by atoms with Gasteiger partial charge in [0, 0.05) is 12.1 Å². The molecule has 0 spiro atoms. The predicted octanol–water partition coefficient (Wildman–Crippen LogP) is 2.80. The van der Waals surface area contributed by atoms with Crippen LogP contribution < -0.4 is 10.1 Å². The van der Waals surface area contributed by atoms with Crippen LogP contribution in [0.2, 0.25) is 0 Å². The summed E-state index contributed by atoms with van der Waals surface area (Å²) < 4.78 is 6.04. The Labute approximate surface area is 121 Å². The number of hydrogen-bond donors (Lipinski definition) is 1. The van der Waals surface area contributed by atoms with Gasteiger partial charge in [0.2, 0.25) is 0 Å². The molecule has 0 aliphatic heterocycles. The van der Waals surface area contributed by atoms with E-state index in [1.165, 1.54) is 0 Å². The van der Waals surface area contributed by atoms with Crippen molar-refractivity contribution in [3.8, 4) is 5.75 Å². The first-order chi connectivity index (χ1) is 9.02. The molecule has 0 atom stereocenters. The molecule has 0 fully saturated rings. The highest BCUT2D eigenvalue weighted by atomic mass is 79.9. The quantitative estimate of drug-likeness (QED) is 0.783. The van der Waals surface area contributed by atoms with E-state index in [4.69, 9.17) is 4.74 Å². The summed E-state index contributed by atoms with van der Waals surface area (Å²) in [6, 6.07) is 4.96. The Morgan fingerprint density at radius 3 is 2.79 bits per heavy atom. The van der Waals surface area contributed by atoms with Crippen molar-refractivity contribution in [2.45, 2.75) is 20.3 Å². The molecule has 0 saturated carbocycles. The van der Waals surface area contributed by atoms with Gasteiger partial charge in [0.05, 0.1) is 4.47 Å². The molecule has 1 rings (SSSR count). The third kappa shape index (κ3) is 5.87. The van der Waals surface area contributed by atoms with Gasteiger partial charge in [-0.2, -0.15) is 0 Å². The molecule has 19 heavy (non-hydrogen) atoms. The summed E-state index contributed by atoms with van der Waals surface area (Å²) in [5, 5.41) is 2.79. The zero-order valence-electron chi connectivity index (χ0n) is 11.1. The maximum absolute atomic E-state index is 11.5. The summed E-state index contributed by atoms with van der Waals surface area (Å²) in [5.74, 6) is 0.961. The monoisotopic (exact) mass is 327 g/mol. The minimum absolute atomic E-state index is 0.0306. The molecule has 0 radical (unpaired) electrons. The van der Waals surface area contributed by atoms with Gasteiger partial charge in [-0.3, -0.25) is 9.59 Å². The molecule has 104 valence electrons. The van der Waals surface area contributed by atoms with Crippen molar-refractivity contribution >= 4 is 28.1 Å². The number of nitrogens with one attached hydrogen (secondary N) is 1. The second-order valence-electron chi connectivity index (χ2n) is 4.63. The summed E-state index contributed by atoms with van der Waals surface area (Å²) >= 11 is 3.29. The molecule has 0 bridgehead atoms. The Hall–Kier alpha value is -1.36. The number of aldehydes is 1. The van der Waals surface area contributed by atoms with E-state index >= 15 is 0 Å². The fourth-order valence-electron chi connectivity index (χ4n) is 1.40. The number of ether oxygens (including phenoxy) is 1. The van der Waals surface area contributed by atoms with Crippen molar-refractivity contribution < 1.29 is 14.3 Å². The molecular formula is C14H18BrNO3. The molecule has 1 aromatic rings. The van der Waals surface area contributed by atoms with Gasteiger partial charge in [0.25, 0.3) is 5.91 Å². The van der Waals surface area contributed by atoms with Gasteiger partial charge in [0.15, 0.2) is 6.61 Å². The zero-order chi connectivity index (χ0) is 14.3. The maximum atomic E-state index is 11.5. The molecular weight excluding hydrogens is 310 g/mol. The van der Waals surface area contributed by atoms with E-state index in [9.17, 15) is 9.59 Å². The maximum Gasteiger partial charge on any atom is 0.257 e. The second-order valence-corrected chi connectivity index (χ2v) is 5.48. The first kappa shape index (κ1) is 15.7. The Kier molecular flexibility index (Phi) is 6.56. The molecule has 1 N–H and O–H groups in total. The molecule has 1 aromatic carbocycles. The van der Waals surface area contributed by atoms with Crippen molar-refractivity contribution in [1.82, 2.24) is 5.32 Å². The van der Waals surface area contributed by atoms with Crippen LogP contribution in [0.4, 0.5) is 0 Å². The Bertz CT molecular complexity index is 446. The molecule has 0 aliphatic carbocycles. The van der Waals surface area contributed by atoms with Gasteiger partial charge in [0.1, 0.15) is 12.0 Å². The first-order valence-corrected chi connectivity index (χ1v) is 6.96. The van der Waals surface area contributed by atoms with Crippen molar-refractivity contribution in [3.63, 3.8) is 0 Å². The molecule has 4 nitrogen and oxygen atoms in total. The van der Waals surface area contributed by atoms with E-state index in [2.05, 4.69) is 35.1 Å². The van der Waals surface area contributed by atoms with Gasteiger partial charge in [-0.25, -0.2) is 0 Å². The van der Waals surface area contributed by atoms with Crippen LogP contribution in [0.15, 0.2) is 22.7 Å². The number of rotatable bonds is 7. The second kappa shape index (κ2) is 7.94. The average Bonchev–Trinajstić information content (AvgIpc) is 2.36. The molecule has 5 heteroatoms. The fraction of sp³-hybridized carbons (Fsp3) is 0.429. The summed E-state index contributed by atoms with van der Waals surface area (Å²) in [6.07, 6.45) is 1.70. The standard InChI is InChI=1S/C14H18BrNO3/c1-10(2)5-6-16-14(18)9-19-13-4-3-11(8-17)7-12(13)15/h3-4,7-8,10H,5-6,9H2,1-2H3,(H,16,18). The minimum Gasteiger partial charge on any atom is -0.483 e. The van der Waals surface area contributed by atoms with Gasteiger partial charge in [-0.05, 0) is 46.5 Å². The van der Waals surface area contributed by atoms with Gasteiger partial charge >= 0.3 is 0 Å². The highest BCUT2D eigenvalue weighted by molar-refractivity contribution is 9.10. The third-order valence-corrected chi connectivity index (χ3v) is 3.11. The van der Waals surface area contributed by atoms with Gasteiger partial charge < -0.3 is 10.1 Å². The van der Waals surface area contributed by atoms with E-state index in [0.29, 0.717) is 28.2 Å². The van der Waals surface area contributed by atoms with E-state index in [1.807, 2.05) is 0 Å². The van der Waals surface area contributed by atoms with Crippen LogP contribution in [0.5, 0.6) is 5.75 Å². The number of halogens is 1. The molecule has 0 aliphatic rings. The van der Waals surface area contributed by atoms with E-state index < -0.39 is 0 Å². The van der Waals surface area contributed by atoms with Crippen LogP contribution in [0.25, 0.3) is 0 Å². The SMILES string of the molecule is CC(C)CCNC(=O)COc1ccc(C=O)cc1Br. The van der Waals surface area contributed by atoms with Gasteiger partial charge in [-0.15, -0.1) is 0 Å². The minimum atomic E-state index is -0.146. The van der Waals surface area contributed by atoms with Crippen LogP contribution in [0.1, 0.15) is 30.6 Å². The Morgan fingerprint density at radius 1 is 1.47 bits per heavy atom. The van der Waals surface area contributed by atoms with Crippen LogP contribution in [-0.4, -0.2) is 25.3 Å². The van der Waals surface area contributed by atoms with Gasteiger partial charge in [-0.1, -0.05) is 13.8 Å². The fourth-order valence-corrected chi connectivity index (χ4v) is 1.91. The van der Waals surface area contributed by atoms with Crippen LogP contribution >= 0.6 is 15.9 Å². The highest BCUT2D eigenvalue weighted by Gasteiger charge is 2.06. The molecule has 0 unspecified atom stereocenters. The molecule has 0 aromatic heterocycles. The lowest BCUT2D eigenvalue weighted by atomic mass is 10.1. The van der Waals surface area contributed by atoms with Crippen molar-refractivity contribution in [2.75, 3.05) is 13.2 Å². The van der Waals surface area contributed by atoms with E-state index in [-0.39, 0.29) is 12.5 Å². The molecule has 0 heterocycles. The largest absolute Gasteiger partial charge is 0.483 e. The first-order valence-electron chi connectivity index (χ1n) is 6.17. The molecule has 0 saturated heterocycles. The lowest BCUT2D eigenvalue weighted by molar-refractivity contribution is -0.123. The Balaban J connectivity index is 2.39. The third-order valence-electron chi connectivity index (χ3n) is 2.49. The normalized spacial score (nSPS) is 10.3. The summed E-state index contributed by atoms with van der Waals surface area (Å²) in [7, 11) is 0. The summed E-state index contributed by atoms with van der Waals surface area (Å²) in [6.45, 7) is 4.84. The number of benzene rings is 1. The lowest BCUT2D eigenvalue weighted by Gasteiger charge is -2.10. The van der Waals surface area contributed by atoms with Crippen LogP contribution in [0, 0.1) is 5.92 Å². The number of hydrogen-bond acceptors (Lipinski definition) is 3. The Morgan fingerprint density at radius 2 is 2.21 bits per heavy atom. The zero-order valence-corrected chi connectivity index (χ0v) is 12.7. The highest BCUT2D eigenvalue weighted by Crippen LogP contribution is 2.25. The van der Waals surface area contributed by atoms with Crippen molar-refractivity contribution in [2.24, 2.45) is 5.92 Å². The molecule has 1 amide bonds. The van der Waals surface area contributed by atoms with E-state index in [0.717, 1.165) is 12.7 Å². The lowest BCUT2D eigenvalue weighted by Crippen LogP contribution is -2.30. The number of amides is 1. The number of carbonyl (C=O) groups is 2. The average molecular weight is 328 g/mol. The topological polar surface area (TPSA) is 55.4 Å². The summed E-state index contributed by atoms with van der Waals surface area (Å²) in [4.78, 5) is 22.1. The van der Waals surface area contributed by atoms with Crippen molar-refractivity contribution in [3.05, 3.63) is 28.2 Å². The van der Waals surface area contributed by atoms with Crippen molar-refractivity contribution in [1.29, 1.82) is 0 Å². The summed E-state index contributed by atoms with van der Waals surface area (Å²) in [5.41, 5.74) is 0.556. The van der Waals surface area contributed by atoms with E-state index in [1.54, 1.807) is 18.2 Å².